The van der Waals surface area contributed by atoms with Crippen LogP contribution in [-0.2, 0) is 38.3 Å². The van der Waals surface area contributed by atoms with Crippen molar-refractivity contribution in [3.8, 4) is 0 Å². The molecule has 2 fully saturated rings. The molecule has 0 saturated carbocycles. The van der Waals surface area contributed by atoms with Gasteiger partial charge in [0.1, 0.15) is 19.0 Å². The molecular weight excluding hydrogens is 539 g/mol. The Morgan fingerprint density at radius 2 is 1.31 bits per heavy atom. The molecule has 3 aromatic carbocycles. The third kappa shape index (κ3) is 6.91. The maximum Gasteiger partial charge on any atom is 0.417 e. The summed E-state index contributed by atoms with van der Waals surface area (Å²) in [5.41, 5.74) is 2.70. The Morgan fingerprint density at radius 1 is 0.762 bits per heavy atom. The molecular formula is C33H31FN2O6. The number of benzene rings is 3. The first-order chi connectivity index (χ1) is 20.4. The summed E-state index contributed by atoms with van der Waals surface area (Å²) in [5.74, 6) is -1.43. The van der Waals surface area contributed by atoms with Crippen LogP contribution >= 0.6 is 0 Å². The van der Waals surface area contributed by atoms with E-state index in [0.29, 0.717) is 18.4 Å². The third-order valence-corrected chi connectivity index (χ3v) is 7.35. The van der Waals surface area contributed by atoms with E-state index in [-0.39, 0.29) is 38.0 Å². The van der Waals surface area contributed by atoms with Gasteiger partial charge in [0.2, 0.25) is 5.91 Å². The molecule has 2 atom stereocenters. The van der Waals surface area contributed by atoms with Crippen LogP contribution in [0.25, 0.3) is 0 Å². The summed E-state index contributed by atoms with van der Waals surface area (Å²) in [7, 11) is 0. The van der Waals surface area contributed by atoms with Crippen molar-refractivity contribution >= 4 is 24.0 Å². The van der Waals surface area contributed by atoms with Gasteiger partial charge in [-0.15, -0.1) is 0 Å². The fourth-order valence-corrected chi connectivity index (χ4v) is 5.30. The SMILES string of the molecule is O=C(CCC=C(Cc1cccc(F)c1)C(=O)N1C(=O)OC[C@@H]1Cc1ccccc1)N1C(=O)OC[C@@H]1Cc1ccccc1. The van der Waals surface area contributed by atoms with E-state index in [9.17, 15) is 23.6 Å². The first kappa shape index (κ1) is 28.7. The average molecular weight is 571 g/mol. The summed E-state index contributed by atoms with van der Waals surface area (Å²) < 4.78 is 24.4. The van der Waals surface area contributed by atoms with E-state index >= 15 is 0 Å². The Hall–Kier alpha value is -4.79. The van der Waals surface area contributed by atoms with Crippen molar-refractivity contribution < 1.29 is 33.0 Å². The highest BCUT2D eigenvalue weighted by atomic mass is 19.1. The lowest BCUT2D eigenvalue weighted by atomic mass is 10.00. The van der Waals surface area contributed by atoms with Crippen molar-refractivity contribution in [2.45, 2.75) is 44.2 Å². The van der Waals surface area contributed by atoms with Crippen molar-refractivity contribution in [3.63, 3.8) is 0 Å². The molecule has 0 aromatic heterocycles. The Morgan fingerprint density at radius 3 is 1.90 bits per heavy atom. The van der Waals surface area contributed by atoms with Crippen LogP contribution in [0.5, 0.6) is 0 Å². The summed E-state index contributed by atoms with van der Waals surface area (Å²) >= 11 is 0. The zero-order valence-corrected chi connectivity index (χ0v) is 23.0. The van der Waals surface area contributed by atoms with Crippen LogP contribution in [0.3, 0.4) is 0 Å². The molecule has 42 heavy (non-hydrogen) atoms. The maximum atomic E-state index is 14.0. The van der Waals surface area contributed by atoms with Gasteiger partial charge in [0, 0.05) is 18.4 Å². The minimum atomic E-state index is -0.745. The number of rotatable bonds is 10. The molecule has 216 valence electrons. The zero-order chi connectivity index (χ0) is 29.5. The molecule has 2 heterocycles. The lowest BCUT2D eigenvalue weighted by molar-refractivity contribution is -0.129. The topological polar surface area (TPSA) is 93.2 Å². The van der Waals surface area contributed by atoms with Crippen molar-refractivity contribution in [1.29, 1.82) is 0 Å². The van der Waals surface area contributed by atoms with E-state index in [1.165, 1.54) is 12.1 Å². The van der Waals surface area contributed by atoms with Gasteiger partial charge < -0.3 is 9.47 Å². The van der Waals surface area contributed by atoms with E-state index in [4.69, 9.17) is 9.47 Å². The summed E-state index contributed by atoms with van der Waals surface area (Å²) in [6, 6.07) is 23.9. The van der Waals surface area contributed by atoms with E-state index < -0.39 is 41.9 Å². The monoisotopic (exact) mass is 570 g/mol. The van der Waals surface area contributed by atoms with Crippen molar-refractivity contribution in [1.82, 2.24) is 9.80 Å². The Bertz CT molecular complexity index is 1480. The van der Waals surface area contributed by atoms with E-state index in [1.807, 2.05) is 60.7 Å². The number of ether oxygens (including phenoxy) is 2. The Labute approximate surface area is 243 Å². The van der Waals surface area contributed by atoms with Crippen LogP contribution < -0.4 is 0 Å². The normalized spacial score (nSPS) is 18.6. The van der Waals surface area contributed by atoms with Crippen molar-refractivity contribution in [3.05, 3.63) is 119 Å². The first-order valence-electron chi connectivity index (χ1n) is 13.9. The van der Waals surface area contributed by atoms with Gasteiger partial charge in [0.25, 0.3) is 5.91 Å². The molecule has 5 rings (SSSR count). The van der Waals surface area contributed by atoms with Gasteiger partial charge >= 0.3 is 12.2 Å². The summed E-state index contributed by atoms with van der Waals surface area (Å²) in [6.45, 7) is 0.170. The quantitative estimate of drug-likeness (QED) is 0.309. The van der Waals surface area contributed by atoms with Crippen molar-refractivity contribution in [2.75, 3.05) is 13.2 Å². The number of allylic oxidation sites excluding steroid dienone is 1. The number of cyclic esters (lactones) is 2. The van der Waals surface area contributed by atoms with E-state index in [0.717, 1.165) is 20.9 Å². The lowest BCUT2D eigenvalue weighted by Gasteiger charge is -2.22. The second kappa shape index (κ2) is 13.2. The molecule has 4 amide bonds. The van der Waals surface area contributed by atoms with Gasteiger partial charge in [-0.3, -0.25) is 9.59 Å². The fraction of sp³-hybridized carbons (Fsp3) is 0.273. The van der Waals surface area contributed by atoms with Crippen LogP contribution in [0.1, 0.15) is 29.5 Å². The van der Waals surface area contributed by atoms with Gasteiger partial charge in [-0.2, -0.15) is 0 Å². The van der Waals surface area contributed by atoms with Crippen LogP contribution in [0.4, 0.5) is 14.0 Å². The zero-order valence-electron chi connectivity index (χ0n) is 23.0. The number of halogens is 1. The van der Waals surface area contributed by atoms with Crippen LogP contribution in [0.2, 0.25) is 0 Å². The summed E-state index contributed by atoms with van der Waals surface area (Å²) in [5, 5.41) is 0. The van der Waals surface area contributed by atoms with Gasteiger partial charge in [-0.25, -0.2) is 23.8 Å². The molecule has 9 heteroatoms. The predicted octanol–water partition coefficient (Wildman–Crippen LogP) is 5.26. The minimum absolute atomic E-state index is 0.0506. The highest BCUT2D eigenvalue weighted by molar-refractivity contribution is 6.03. The van der Waals surface area contributed by atoms with Gasteiger partial charge in [0.05, 0.1) is 12.1 Å². The Balaban J connectivity index is 1.32. The van der Waals surface area contributed by atoms with Crippen LogP contribution in [0.15, 0.2) is 96.6 Å². The standard InChI is InChI=1S/C33H31FN2O6/c34-27-15-7-13-25(18-27)17-26(31(38)36-29(22-42-33(36)40)20-24-11-5-2-6-12-24)14-8-16-30(37)35-28(21-41-32(35)39)19-23-9-3-1-4-10-23/h1-7,9-15,18,28-29H,8,16-17,19-22H2/t28-,29-/m0/s1. The maximum absolute atomic E-state index is 14.0. The number of carbonyl (C=O) groups is 4. The molecule has 8 nitrogen and oxygen atoms in total. The minimum Gasteiger partial charge on any atom is -0.447 e. The molecule has 0 aliphatic carbocycles. The number of nitrogens with zero attached hydrogens (tertiary/aromatic N) is 2. The van der Waals surface area contributed by atoms with Gasteiger partial charge in [-0.05, 0) is 48.1 Å². The molecule has 2 aliphatic rings. The third-order valence-electron chi connectivity index (χ3n) is 7.35. The second-order valence-corrected chi connectivity index (χ2v) is 10.4. The second-order valence-electron chi connectivity index (χ2n) is 10.4. The number of hydrogen-bond donors (Lipinski definition) is 0. The highest BCUT2D eigenvalue weighted by Gasteiger charge is 2.40. The van der Waals surface area contributed by atoms with Gasteiger partial charge in [0.15, 0.2) is 0 Å². The predicted molar refractivity (Wildman–Crippen MR) is 152 cm³/mol. The van der Waals surface area contributed by atoms with E-state index in [1.54, 1.807) is 18.2 Å². The molecule has 0 spiro atoms. The van der Waals surface area contributed by atoms with Crippen LogP contribution in [0, 0.1) is 5.82 Å². The average Bonchev–Trinajstić information content (AvgIpc) is 3.54. The first-order valence-corrected chi connectivity index (χ1v) is 13.9. The molecule has 2 aliphatic heterocycles. The van der Waals surface area contributed by atoms with Gasteiger partial charge in [-0.1, -0.05) is 78.9 Å². The number of imide groups is 2. The molecule has 0 bridgehead atoms. The molecule has 3 aromatic rings. The van der Waals surface area contributed by atoms with Crippen LogP contribution in [-0.4, -0.2) is 59.1 Å². The smallest absolute Gasteiger partial charge is 0.417 e. The number of amides is 4. The molecule has 0 unspecified atom stereocenters. The van der Waals surface area contributed by atoms with Crippen molar-refractivity contribution in [2.24, 2.45) is 0 Å². The highest BCUT2D eigenvalue weighted by Crippen LogP contribution is 2.24. The number of hydrogen-bond acceptors (Lipinski definition) is 6. The lowest BCUT2D eigenvalue weighted by Crippen LogP contribution is -2.41. The summed E-state index contributed by atoms with van der Waals surface area (Å²) in [6.07, 6.45) is 1.16. The molecule has 0 N–H and O–H groups in total. The summed E-state index contributed by atoms with van der Waals surface area (Å²) in [4.78, 5) is 54.3. The molecule has 2 saturated heterocycles. The fourth-order valence-electron chi connectivity index (χ4n) is 5.30. The molecule has 0 radical (unpaired) electrons. The Kier molecular flexibility index (Phi) is 9.06. The largest absolute Gasteiger partial charge is 0.447 e. The van der Waals surface area contributed by atoms with E-state index in [2.05, 4.69) is 0 Å². The number of carbonyl (C=O) groups excluding carboxylic acids is 4.